The Bertz CT molecular complexity index is 250. The van der Waals surface area contributed by atoms with Gasteiger partial charge in [0.2, 0.25) is 0 Å². The molecule has 0 aliphatic heterocycles. The van der Waals surface area contributed by atoms with E-state index < -0.39 is 0 Å². The van der Waals surface area contributed by atoms with Gasteiger partial charge in [0.05, 0.1) is 0 Å². The minimum absolute atomic E-state index is 0.829. The van der Waals surface area contributed by atoms with Crippen LogP contribution in [0, 0.1) is 0 Å². The van der Waals surface area contributed by atoms with Crippen LogP contribution in [0.5, 0.6) is 0 Å². The van der Waals surface area contributed by atoms with Crippen LogP contribution in [-0.4, -0.2) is 0 Å². The van der Waals surface area contributed by atoms with Gasteiger partial charge in [-0.2, -0.15) is 0 Å². The van der Waals surface area contributed by atoms with E-state index in [-0.39, 0.29) is 0 Å². The third-order valence-electron chi connectivity index (χ3n) is 1.71. The maximum atomic E-state index is 5.61. The Balaban J connectivity index is 4.86. The highest BCUT2D eigenvalue weighted by Gasteiger charge is 1.93. The SMILES string of the molecule is C=C/C(=C/C(C)=C(/C)N)C(=C)C. The number of nitrogens with two attached hydrogens (primary N) is 1. The summed E-state index contributed by atoms with van der Waals surface area (Å²) in [5, 5.41) is 0. The first kappa shape index (κ1) is 10.8. The quantitative estimate of drug-likeness (QED) is 0.636. The number of hydrogen-bond donors (Lipinski definition) is 1. The Morgan fingerprint density at radius 1 is 1.25 bits per heavy atom. The second-order valence-electron chi connectivity index (χ2n) is 2.95. The Morgan fingerprint density at radius 2 is 1.75 bits per heavy atom. The molecule has 0 amide bonds. The summed E-state index contributed by atoms with van der Waals surface area (Å²) in [7, 11) is 0. The summed E-state index contributed by atoms with van der Waals surface area (Å²) in [5.41, 5.74) is 9.55. The highest BCUT2D eigenvalue weighted by molar-refractivity contribution is 5.41. The monoisotopic (exact) mass is 163 g/mol. The van der Waals surface area contributed by atoms with E-state index in [0.29, 0.717) is 0 Å². The number of allylic oxidation sites excluding steroid dienone is 6. The van der Waals surface area contributed by atoms with Gasteiger partial charge in [-0.3, -0.25) is 0 Å². The van der Waals surface area contributed by atoms with Crippen molar-refractivity contribution >= 4 is 0 Å². The van der Waals surface area contributed by atoms with E-state index in [1.165, 1.54) is 0 Å². The van der Waals surface area contributed by atoms with Crippen LogP contribution in [0.1, 0.15) is 20.8 Å². The molecule has 1 heteroatoms. The van der Waals surface area contributed by atoms with Gasteiger partial charge in [-0.1, -0.05) is 30.9 Å². The molecule has 0 saturated heterocycles. The molecule has 0 aliphatic rings. The lowest BCUT2D eigenvalue weighted by molar-refractivity contribution is 1.23. The summed E-state index contributed by atoms with van der Waals surface area (Å²) in [6.45, 7) is 13.3. The maximum Gasteiger partial charge on any atom is 0.00787 e. The lowest BCUT2D eigenvalue weighted by Gasteiger charge is -2.01. The molecule has 0 atom stereocenters. The van der Waals surface area contributed by atoms with Gasteiger partial charge in [-0.15, -0.1) is 0 Å². The third kappa shape index (κ3) is 3.24. The number of rotatable bonds is 3. The smallest absolute Gasteiger partial charge is 0.00787 e. The molecule has 12 heavy (non-hydrogen) atoms. The Morgan fingerprint density at radius 3 is 2.00 bits per heavy atom. The second-order valence-corrected chi connectivity index (χ2v) is 2.95. The largest absolute Gasteiger partial charge is 0.402 e. The van der Waals surface area contributed by atoms with Crippen LogP contribution in [0.3, 0.4) is 0 Å². The average molecular weight is 163 g/mol. The molecule has 2 N–H and O–H groups in total. The Labute approximate surface area is 75.0 Å². The highest BCUT2D eigenvalue weighted by Crippen LogP contribution is 2.12. The van der Waals surface area contributed by atoms with Crippen molar-refractivity contribution in [1.82, 2.24) is 0 Å². The minimum atomic E-state index is 0.829. The van der Waals surface area contributed by atoms with E-state index in [2.05, 4.69) is 13.2 Å². The maximum absolute atomic E-state index is 5.61. The first-order valence-corrected chi connectivity index (χ1v) is 3.92. The van der Waals surface area contributed by atoms with E-state index in [4.69, 9.17) is 5.73 Å². The lowest BCUT2D eigenvalue weighted by Crippen LogP contribution is -1.94. The van der Waals surface area contributed by atoms with Gasteiger partial charge in [0.25, 0.3) is 0 Å². The van der Waals surface area contributed by atoms with Gasteiger partial charge in [0.15, 0.2) is 0 Å². The fourth-order valence-electron chi connectivity index (χ4n) is 0.703. The van der Waals surface area contributed by atoms with Crippen LogP contribution < -0.4 is 5.73 Å². The van der Waals surface area contributed by atoms with Crippen molar-refractivity contribution in [2.45, 2.75) is 20.8 Å². The molecule has 0 rings (SSSR count). The van der Waals surface area contributed by atoms with Crippen LogP contribution in [0.4, 0.5) is 0 Å². The van der Waals surface area contributed by atoms with Gasteiger partial charge < -0.3 is 5.73 Å². The van der Waals surface area contributed by atoms with Gasteiger partial charge in [0, 0.05) is 5.70 Å². The van der Waals surface area contributed by atoms with E-state index in [1.807, 2.05) is 26.8 Å². The lowest BCUT2D eigenvalue weighted by atomic mass is 10.1. The molecule has 0 heterocycles. The van der Waals surface area contributed by atoms with Crippen LogP contribution in [0.15, 0.2) is 47.7 Å². The van der Waals surface area contributed by atoms with Crippen molar-refractivity contribution in [3.63, 3.8) is 0 Å². The fourth-order valence-corrected chi connectivity index (χ4v) is 0.703. The zero-order valence-corrected chi connectivity index (χ0v) is 8.15. The molecule has 0 fully saturated rings. The van der Waals surface area contributed by atoms with E-state index in [9.17, 15) is 0 Å². The van der Waals surface area contributed by atoms with Crippen molar-refractivity contribution in [3.05, 3.63) is 47.7 Å². The van der Waals surface area contributed by atoms with Crippen LogP contribution in [0.25, 0.3) is 0 Å². The first-order chi connectivity index (χ1) is 5.49. The van der Waals surface area contributed by atoms with Crippen LogP contribution in [-0.2, 0) is 0 Å². The van der Waals surface area contributed by atoms with Gasteiger partial charge >= 0.3 is 0 Å². The van der Waals surface area contributed by atoms with Crippen molar-refractivity contribution in [1.29, 1.82) is 0 Å². The van der Waals surface area contributed by atoms with Crippen molar-refractivity contribution < 1.29 is 0 Å². The molecule has 0 radical (unpaired) electrons. The zero-order valence-electron chi connectivity index (χ0n) is 8.15. The molecule has 0 saturated carbocycles. The Kier molecular flexibility index (Phi) is 4.12. The van der Waals surface area contributed by atoms with Crippen molar-refractivity contribution in [3.8, 4) is 0 Å². The highest BCUT2D eigenvalue weighted by atomic mass is 14.5. The summed E-state index contributed by atoms with van der Waals surface area (Å²) >= 11 is 0. The van der Waals surface area contributed by atoms with Gasteiger partial charge in [-0.05, 0) is 31.9 Å². The Hall–Kier alpha value is -1.24. The van der Waals surface area contributed by atoms with Crippen molar-refractivity contribution in [2.75, 3.05) is 0 Å². The second kappa shape index (κ2) is 4.60. The first-order valence-electron chi connectivity index (χ1n) is 3.92. The molecular formula is C11H17N. The minimum Gasteiger partial charge on any atom is -0.402 e. The molecule has 0 aromatic heterocycles. The van der Waals surface area contributed by atoms with E-state index in [1.54, 1.807) is 6.08 Å². The summed E-state index contributed by atoms with van der Waals surface area (Å²) < 4.78 is 0. The van der Waals surface area contributed by atoms with Gasteiger partial charge in [0.1, 0.15) is 0 Å². The standard InChI is InChI=1S/C11H17N/c1-6-11(8(2)3)7-9(4)10(5)12/h6-7H,1-2,12H2,3-5H3/b10-9-,11-7-. The van der Waals surface area contributed by atoms with E-state index in [0.717, 1.165) is 22.4 Å². The van der Waals surface area contributed by atoms with E-state index >= 15 is 0 Å². The summed E-state index contributed by atoms with van der Waals surface area (Å²) in [4.78, 5) is 0. The van der Waals surface area contributed by atoms with Gasteiger partial charge in [-0.25, -0.2) is 0 Å². The molecule has 0 aromatic rings. The molecular weight excluding hydrogens is 146 g/mol. The molecule has 0 aromatic carbocycles. The van der Waals surface area contributed by atoms with Crippen molar-refractivity contribution in [2.24, 2.45) is 5.73 Å². The molecule has 0 spiro atoms. The molecule has 0 bridgehead atoms. The predicted molar refractivity (Wildman–Crippen MR) is 55.7 cm³/mol. The summed E-state index contributed by atoms with van der Waals surface area (Å²) in [6, 6.07) is 0. The summed E-state index contributed by atoms with van der Waals surface area (Å²) in [6.07, 6.45) is 3.78. The van der Waals surface area contributed by atoms with Crippen LogP contribution in [0.2, 0.25) is 0 Å². The zero-order chi connectivity index (χ0) is 9.72. The predicted octanol–water partition coefficient (Wildman–Crippen LogP) is 2.93. The average Bonchev–Trinajstić information content (AvgIpc) is 1.98. The number of hydrogen-bond acceptors (Lipinski definition) is 1. The summed E-state index contributed by atoms with van der Waals surface area (Å²) in [5.74, 6) is 0. The molecule has 0 aliphatic carbocycles. The third-order valence-corrected chi connectivity index (χ3v) is 1.71. The normalized spacial score (nSPS) is 13.8. The molecule has 66 valence electrons. The molecule has 1 nitrogen and oxygen atoms in total. The van der Waals surface area contributed by atoms with Crippen LogP contribution >= 0.6 is 0 Å². The molecule has 0 unspecified atom stereocenters. The fraction of sp³-hybridized carbons (Fsp3) is 0.273. The topological polar surface area (TPSA) is 26.0 Å².